The van der Waals surface area contributed by atoms with Crippen LogP contribution in [0.1, 0.15) is 5.82 Å². The first-order valence-corrected chi connectivity index (χ1v) is 4.59. The average Bonchev–Trinajstić information content (AvgIpc) is 2.23. The molecule has 14 heavy (non-hydrogen) atoms. The van der Waals surface area contributed by atoms with Gasteiger partial charge in [-0.15, -0.1) is 11.6 Å². The van der Waals surface area contributed by atoms with E-state index in [-0.39, 0.29) is 11.4 Å². The second-order valence-corrected chi connectivity index (χ2v) is 3.12. The average molecular weight is 210 g/mol. The number of hydrogen-bond donors (Lipinski definition) is 1. The number of rotatable bonds is 1. The molecule has 0 amide bonds. The number of nitrogen functional groups attached to an aromatic ring is 1. The van der Waals surface area contributed by atoms with Crippen LogP contribution in [0.5, 0.6) is 0 Å². The van der Waals surface area contributed by atoms with Crippen LogP contribution >= 0.6 is 11.6 Å². The number of fused-ring (bicyclic) bond motifs is 1. The third-order valence-electron chi connectivity index (χ3n) is 2.00. The lowest BCUT2D eigenvalue weighted by Crippen LogP contribution is -2.31. The Morgan fingerprint density at radius 1 is 1.43 bits per heavy atom. The molecular formula is C9H8ClN3O. The van der Waals surface area contributed by atoms with Gasteiger partial charge in [0.1, 0.15) is 5.82 Å². The van der Waals surface area contributed by atoms with Gasteiger partial charge in [-0.2, -0.15) is 0 Å². The summed E-state index contributed by atoms with van der Waals surface area (Å²) in [6.07, 6.45) is 0. The molecule has 4 nitrogen and oxygen atoms in total. The molecule has 2 rings (SSSR count). The molecule has 0 unspecified atom stereocenters. The lowest BCUT2D eigenvalue weighted by Gasteiger charge is -2.05. The Bertz CT molecular complexity index is 535. The van der Waals surface area contributed by atoms with Crippen LogP contribution in [0, 0.1) is 0 Å². The van der Waals surface area contributed by atoms with E-state index in [9.17, 15) is 4.79 Å². The monoisotopic (exact) mass is 209 g/mol. The molecule has 0 aliphatic carbocycles. The number of hydrogen-bond acceptors (Lipinski definition) is 3. The van der Waals surface area contributed by atoms with Gasteiger partial charge in [-0.25, -0.2) is 9.66 Å². The summed E-state index contributed by atoms with van der Waals surface area (Å²) in [6.45, 7) is 0. The van der Waals surface area contributed by atoms with Gasteiger partial charge in [0.25, 0.3) is 5.56 Å². The van der Waals surface area contributed by atoms with Gasteiger partial charge >= 0.3 is 0 Å². The van der Waals surface area contributed by atoms with Crippen LogP contribution in [0.4, 0.5) is 0 Å². The molecule has 0 fully saturated rings. The molecule has 1 aromatic heterocycles. The van der Waals surface area contributed by atoms with Gasteiger partial charge in [-0.05, 0) is 12.1 Å². The Kier molecular flexibility index (Phi) is 2.13. The highest BCUT2D eigenvalue weighted by Gasteiger charge is 2.06. The van der Waals surface area contributed by atoms with Gasteiger partial charge < -0.3 is 5.84 Å². The summed E-state index contributed by atoms with van der Waals surface area (Å²) in [4.78, 5) is 15.8. The van der Waals surface area contributed by atoms with E-state index >= 15 is 0 Å². The lowest BCUT2D eigenvalue weighted by molar-refractivity contribution is 0.840. The van der Waals surface area contributed by atoms with Crippen LogP contribution in [0.3, 0.4) is 0 Å². The highest BCUT2D eigenvalue weighted by molar-refractivity contribution is 6.16. The fraction of sp³-hybridized carbons (Fsp3) is 0.111. The zero-order valence-electron chi connectivity index (χ0n) is 7.27. The molecule has 0 atom stereocenters. The van der Waals surface area contributed by atoms with E-state index in [1.165, 1.54) is 0 Å². The Morgan fingerprint density at radius 2 is 2.14 bits per heavy atom. The molecule has 0 aliphatic heterocycles. The second kappa shape index (κ2) is 3.31. The van der Waals surface area contributed by atoms with Crippen molar-refractivity contribution in [1.82, 2.24) is 9.66 Å². The van der Waals surface area contributed by atoms with Gasteiger partial charge in [-0.1, -0.05) is 12.1 Å². The number of aromatic nitrogens is 2. The summed E-state index contributed by atoms with van der Waals surface area (Å²) < 4.78 is 0.981. The molecular weight excluding hydrogens is 202 g/mol. The first kappa shape index (κ1) is 9.02. The molecule has 0 saturated heterocycles. The molecule has 2 aromatic rings. The van der Waals surface area contributed by atoms with Crippen molar-refractivity contribution in [1.29, 1.82) is 0 Å². The molecule has 5 heteroatoms. The highest BCUT2D eigenvalue weighted by Crippen LogP contribution is 2.07. The summed E-state index contributed by atoms with van der Waals surface area (Å²) in [5.74, 6) is 6.01. The van der Waals surface area contributed by atoms with E-state index in [4.69, 9.17) is 17.4 Å². The minimum atomic E-state index is -0.272. The Hall–Kier alpha value is -1.55. The van der Waals surface area contributed by atoms with Gasteiger partial charge in [0.05, 0.1) is 16.8 Å². The van der Waals surface area contributed by atoms with E-state index in [1.54, 1.807) is 18.2 Å². The minimum absolute atomic E-state index is 0.122. The Balaban J connectivity index is 2.92. The summed E-state index contributed by atoms with van der Waals surface area (Å²) in [5, 5.41) is 0.504. The molecule has 0 aliphatic rings. The molecule has 2 N–H and O–H groups in total. The molecule has 72 valence electrons. The second-order valence-electron chi connectivity index (χ2n) is 2.85. The van der Waals surface area contributed by atoms with Crippen LogP contribution in [0.15, 0.2) is 29.1 Å². The number of alkyl halides is 1. The van der Waals surface area contributed by atoms with E-state index in [0.717, 1.165) is 4.68 Å². The van der Waals surface area contributed by atoms with E-state index in [1.807, 2.05) is 6.07 Å². The minimum Gasteiger partial charge on any atom is -0.335 e. The fourth-order valence-electron chi connectivity index (χ4n) is 1.29. The van der Waals surface area contributed by atoms with Gasteiger partial charge in [0, 0.05) is 0 Å². The van der Waals surface area contributed by atoms with Crippen molar-refractivity contribution in [2.24, 2.45) is 0 Å². The van der Waals surface area contributed by atoms with Crippen molar-refractivity contribution < 1.29 is 0 Å². The maximum atomic E-state index is 11.6. The Morgan fingerprint density at radius 3 is 2.86 bits per heavy atom. The van der Waals surface area contributed by atoms with Crippen LogP contribution in [0.2, 0.25) is 0 Å². The van der Waals surface area contributed by atoms with Crippen molar-refractivity contribution >= 4 is 22.5 Å². The SMILES string of the molecule is Nn1c(CCl)nc2ccccc2c1=O. The number of para-hydroxylation sites is 1. The normalized spacial score (nSPS) is 10.6. The van der Waals surface area contributed by atoms with Crippen molar-refractivity contribution in [3.05, 3.63) is 40.4 Å². The van der Waals surface area contributed by atoms with Gasteiger partial charge in [0.15, 0.2) is 0 Å². The number of nitrogens with zero attached hydrogens (tertiary/aromatic N) is 2. The predicted molar refractivity (Wildman–Crippen MR) is 55.7 cm³/mol. The standard InChI is InChI=1S/C9H8ClN3O/c10-5-8-12-7-4-2-1-3-6(7)9(14)13(8)11/h1-4H,5,11H2. The zero-order chi connectivity index (χ0) is 10.1. The summed E-state index contributed by atoms with van der Waals surface area (Å²) in [6, 6.07) is 7.03. The molecule has 0 saturated carbocycles. The van der Waals surface area contributed by atoms with Crippen LogP contribution in [0.25, 0.3) is 10.9 Å². The topological polar surface area (TPSA) is 60.9 Å². The molecule has 0 spiro atoms. The van der Waals surface area contributed by atoms with Crippen LogP contribution < -0.4 is 11.4 Å². The zero-order valence-corrected chi connectivity index (χ0v) is 8.03. The third kappa shape index (κ3) is 1.24. The van der Waals surface area contributed by atoms with Crippen LogP contribution in [-0.4, -0.2) is 9.66 Å². The highest BCUT2D eigenvalue weighted by atomic mass is 35.5. The van der Waals surface area contributed by atoms with E-state index in [0.29, 0.717) is 16.7 Å². The molecule has 0 radical (unpaired) electrons. The Labute approximate surface area is 84.9 Å². The predicted octanol–water partition coefficient (Wildman–Crippen LogP) is 0.849. The largest absolute Gasteiger partial charge is 0.335 e. The molecule has 1 aromatic carbocycles. The number of halogens is 1. The van der Waals surface area contributed by atoms with Gasteiger partial charge in [-0.3, -0.25) is 4.79 Å². The first-order valence-electron chi connectivity index (χ1n) is 4.05. The molecule has 0 bridgehead atoms. The first-order chi connectivity index (χ1) is 6.74. The quantitative estimate of drug-likeness (QED) is 0.560. The van der Waals surface area contributed by atoms with Crippen molar-refractivity contribution in [2.75, 3.05) is 5.84 Å². The van der Waals surface area contributed by atoms with E-state index in [2.05, 4.69) is 4.98 Å². The summed E-state index contributed by atoms with van der Waals surface area (Å²) in [7, 11) is 0. The number of nitrogens with two attached hydrogens (primary N) is 1. The third-order valence-corrected chi connectivity index (χ3v) is 2.24. The van der Waals surface area contributed by atoms with Crippen molar-refractivity contribution in [2.45, 2.75) is 5.88 Å². The molecule has 1 heterocycles. The van der Waals surface area contributed by atoms with Gasteiger partial charge in [0.2, 0.25) is 0 Å². The maximum absolute atomic E-state index is 11.6. The maximum Gasteiger partial charge on any atom is 0.279 e. The summed E-state index contributed by atoms with van der Waals surface area (Å²) >= 11 is 5.60. The van der Waals surface area contributed by atoms with E-state index < -0.39 is 0 Å². The fourth-order valence-corrected chi connectivity index (χ4v) is 1.47. The summed E-state index contributed by atoms with van der Waals surface area (Å²) in [5.41, 5.74) is 0.348. The van der Waals surface area contributed by atoms with Crippen molar-refractivity contribution in [3.8, 4) is 0 Å². The smallest absolute Gasteiger partial charge is 0.279 e. The van der Waals surface area contributed by atoms with Crippen molar-refractivity contribution in [3.63, 3.8) is 0 Å². The van der Waals surface area contributed by atoms with Crippen LogP contribution in [-0.2, 0) is 5.88 Å². The number of benzene rings is 1. The lowest BCUT2D eigenvalue weighted by atomic mass is 10.2.